The Bertz CT molecular complexity index is 569. The molecule has 0 radical (unpaired) electrons. The van der Waals surface area contributed by atoms with Crippen LogP contribution in [0, 0.1) is 6.92 Å². The van der Waals surface area contributed by atoms with Gasteiger partial charge in [-0.3, -0.25) is 9.78 Å². The number of rotatable bonds is 6. The summed E-state index contributed by atoms with van der Waals surface area (Å²) in [4.78, 5) is 22.1. The van der Waals surface area contributed by atoms with Gasteiger partial charge in [0.25, 0.3) is 5.91 Å². The number of anilines is 1. The number of aromatic nitrogens is 2. The lowest BCUT2D eigenvalue weighted by Gasteiger charge is -2.19. The average Bonchev–Trinajstić information content (AvgIpc) is 2.52. The molecule has 21 heavy (non-hydrogen) atoms. The Morgan fingerprint density at radius 3 is 2.62 bits per heavy atom. The van der Waals surface area contributed by atoms with E-state index in [0.29, 0.717) is 12.2 Å². The molecule has 0 atom stereocenters. The topological polar surface area (TPSA) is 58.1 Å². The van der Waals surface area contributed by atoms with Crippen LogP contribution >= 0.6 is 0 Å². The fourth-order valence-corrected chi connectivity index (χ4v) is 1.93. The minimum absolute atomic E-state index is 0.176. The molecule has 2 rings (SSSR count). The van der Waals surface area contributed by atoms with E-state index in [-0.39, 0.29) is 5.91 Å². The minimum Gasteiger partial charge on any atom is -0.375 e. The summed E-state index contributed by atoms with van der Waals surface area (Å²) in [7, 11) is 2.04. The van der Waals surface area contributed by atoms with Gasteiger partial charge >= 0.3 is 0 Å². The fourth-order valence-electron chi connectivity index (χ4n) is 1.93. The van der Waals surface area contributed by atoms with Crippen LogP contribution in [0.4, 0.5) is 5.69 Å². The number of hydrogen-bond donors (Lipinski definition) is 1. The molecule has 1 amide bonds. The van der Waals surface area contributed by atoms with E-state index >= 15 is 0 Å². The molecule has 0 unspecified atom stereocenters. The summed E-state index contributed by atoms with van der Waals surface area (Å²) in [5, 5.41) is 2.86. The first kappa shape index (κ1) is 15.0. The highest BCUT2D eigenvalue weighted by Crippen LogP contribution is 2.10. The summed E-state index contributed by atoms with van der Waals surface area (Å²) in [5.74, 6) is -0.176. The number of nitrogens with one attached hydrogen (secondary N) is 1. The third-order valence-electron chi connectivity index (χ3n) is 3.17. The van der Waals surface area contributed by atoms with Crippen molar-refractivity contribution in [2.75, 3.05) is 25.0 Å². The normalized spacial score (nSPS) is 10.2. The van der Waals surface area contributed by atoms with Crippen molar-refractivity contribution in [1.29, 1.82) is 0 Å². The molecule has 5 heteroatoms. The van der Waals surface area contributed by atoms with Gasteiger partial charge < -0.3 is 10.2 Å². The number of carbonyl (C=O) groups is 1. The summed E-state index contributed by atoms with van der Waals surface area (Å²) in [6, 6.07) is 10.2. The molecular formula is C16H20N4O. The molecule has 110 valence electrons. The summed E-state index contributed by atoms with van der Waals surface area (Å²) in [6.45, 7) is 3.34. The molecule has 0 aliphatic carbocycles. The van der Waals surface area contributed by atoms with Gasteiger partial charge in [-0.25, -0.2) is 4.98 Å². The molecule has 0 aliphatic rings. The van der Waals surface area contributed by atoms with E-state index in [2.05, 4.69) is 32.3 Å². The molecule has 0 aliphatic heterocycles. The van der Waals surface area contributed by atoms with E-state index < -0.39 is 0 Å². The number of para-hydroxylation sites is 1. The lowest BCUT2D eigenvalue weighted by Crippen LogP contribution is -2.28. The van der Waals surface area contributed by atoms with Gasteiger partial charge in [0, 0.05) is 32.0 Å². The fraction of sp³-hybridized carbons (Fsp3) is 0.312. The van der Waals surface area contributed by atoms with Gasteiger partial charge in [-0.1, -0.05) is 18.2 Å². The first-order chi connectivity index (χ1) is 10.2. The van der Waals surface area contributed by atoms with Gasteiger partial charge in [-0.2, -0.15) is 0 Å². The molecule has 0 spiro atoms. The van der Waals surface area contributed by atoms with Crippen molar-refractivity contribution in [3.8, 4) is 0 Å². The lowest BCUT2D eigenvalue weighted by atomic mass is 10.3. The quantitative estimate of drug-likeness (QED) is 0.825. The van der Waals surface area contributed by atoms with Crippen LogP contribution < -0.4 is 10.2 Å². The smallest absolute Gasteiger partial charge is 0.271 e. The molecule has 0 saturated heterocycles. The Morgan fingerprint density at radius 2 is 1.95 bits per heavy atom. The van der Waals surface area contributed by atoms with E-state index in [9.17, 15) is 4.79 Å². The molecule has 0 bridgehead atoms. The van der Waals surface area contributed by atoms with Crippen LogP contribution in [0.15, 0.2) is 42.7 Å². The molecule has 1 heterocycles. The molecule has 5 nitrogen and oxygen atoms in total. The van der Waals surface area contributed by atoms with Crippen molar-refractivity contribution in [3.05, 3.63) is 54.1 Å². The summed E-state index contributed by atoms with van der Waals surface area (Å²) in [5.41, 5.74) is 2.33. The van der Waals surface area contributed by atoms with Crippen LogP contribution in [0.5, 0.6) is 0 Å². The molecule has 1 aromatic carbocycles. The Hall–Kier alpha value is -2.43. The van der Waals surface area contributed by atoms with Gasteiger partial charge in [0.2, 0.25) is 0 Å². The number of carbonyl (C=O) groups excluding carboxylic acids is 1. The minimum atomic E-state index is -0.176. The van der Waals surface area contributed by atoms with E-state index in [4.69, 9.17) is 0 Å². The predicted molar refractivity (Wildman–Crippen MR) is 83.4 cm³/mol. The van der Waals surface area contributed by atoms with Gasteiger partial charge in [0.05, 0.1) is 11.9 Å². The molecular weight excluding hydrogens is 264 g/mol. The zero-order valence-electron chi connectivity index (χ0n) is 12.4. The average molecular weight is 284 g/mol. The van der Waals surface area contributed by atoms with Crippen LogP contribution in [0.25, 0.3) is 0 Å². The Kier molecular flexibility index (Phi) is 5.26. The maximum absolute atomic E-state index is 11.8. The summed E-state index contributed by atoms with van der Waals surface area (Å²) < 4.78 is 0. The van der Waals surface area contributed by atoms with E-state index in [1.165, 1.54) is 11.9 Å². The number of nitrogens with zero attached hydrogens (tertiary/aromatic N) is 3. The van der Waals surface area contributed by atoms with Crippen molar-refractivity contribution >= 4 is 11.6 Å². The molecule has 2 aromatic rings. The SMILES string of the molecule is Cc1cnc(C(=O)NCCCN(C)c2ccccc2)cn1. The Balaban J connectivity index is 1.72. The summed E-state index contributed by atoms with van der Waals surface area (Å²) in [6.07, 6.45) is 3.97. The molecule has 1 N–H and O–H groups in total. The zero-order valence-corrected chi connectivity index (χ0v) is 12.4. The molecule has 0 fully saturated rings. The first-order valence-corrected chi connectivity index (χ1v) is 7.00. The van der Waals surface area contributed by atoms with Crippen molar-refractivity contribution < 1.29 is 4.79 Å². The Morgan fingerprint density at radius 1 is 1.19 bits per heavy atom. The van der Waals surface area contributed by atoms with Crippen molar-refractivity contribution in [2.24, 2.45) is 0 Å². The maximum Gasteiger partial charge on any atom is 0.271 e. The molecule has 0 saturated carbocycles. The summed E-state index contributed by atoms with van der Waals surface area (Å²) >= 11 is 0. The third-order valence-corrected chi connectivity index (χ3v) is 3.17. The van der Waals surface area contributed by atoms with Gasteiger partial charge in [-0.05, 0) is 25.5 Å². The van der Waals surface area contributed by atoms with Crippen LogP contribution in [-0.2, 0) is 0 Å². The highest BCUT2D eigenvalue weighted by molar-refractivity contribution is 5.91. The number of aryl methyl sites for hydroxylation is 1. The first-order valence-electron chi connectivity index (χ1n) is 7.00. The second kappa shape index (κ2) is 7.38. The van der Waals surface area contributed by atoms with Gasteiger partial charge in [0.15, 0.2) is 0 Å². The van der Waals surface area contributed by atoms with Gasteiger partial charge in [-0.15, -0.1) is 0 Å². The third kappa shape index (κ3) is 4.56. The largest absolute Gasteiger partial charge is 0.375 e. The highest BCUT2D eigenvalue weighted by Gasteiger charge is 2.06. The van der Waals surface area contributed by atoms with E-state index in [1.807, 2.05) is 32.2 Å². The molecule has 1 aromatic heterocycles. The van der Waals surface area contributed by atoms with Crippen LogP contribution in [0.1, 0.15) is 22.6 Å². The second-order valence-electron chi connectivity index (χ2n) is 4.91. The zero-order chi connectivity index (χ0) is 15.1. The standard InChI is InChI=1S/C16H20N4O/c1-13-11-19-15(12-18-13)16(21)17-9-6-10-20(2)14-7-4-3-5-8-14/h3-5,7-8,11-12H,6,9-10H2,1-2H3,(H,17,21). The second-order valence-corrected chi connectivity index (χ2v) is 4.91. The maximum atomic E-state index is 11.8. The van der Waals surface area contributed by atoms with Crippen molar-refractivity contribution in [1.82, 2.24) is 15.3 Å². The van der Waals surface area contributed by atoms with Crippen LogP contribution in [0.3, 0.4) is 0 Å². The number of benzene rings is 1. The predicted octanol–water partition coefficient (Wildman–Crippen LogP) is 2.04. The van der Waals surface area contributed by atoms with E-state index in [1.54, 1.807) is 6.20 Å². The van der Waals surface area contributed by atoms with Crippen molar-refractivity contribution in [2.45, 2.75) is 13.3 Å². The Labute approximate surface area is 125 Å². The highest BCUT2D eigenvalue weighted by atomic mass is 16.1. The van der Waals surface area contributed by atoms with Crippen molar-refractivity contribution in [3.63, 3.8) is 0 Å². The lowest BCUT2D eigenvalue weighted by molar-refractivity contribution is 0.0948. The van der Waals surface area contributed by atoms with Gasteiger partial charge in [0.1, 0.15) is 5.69 Å². The van der Waals surface area contributed by atoms with Crippen LogP contribution in [0.2, 0.25) is 0 Å². The number of amides is 1. The monoisotopic (exact) mass is 284 g/mol. The van der Waals surface area contributed by atoms with Crippen LogP contribution in [-0.4, -0.2) is 36.0 Å². The van der Waals surface area contributed by atoms with E-state index in [0.717, 1.165) is 18.7 Å². The number of hydrogen-bond acceptors (Lipinski definition) is 4.